The number of rotatable bonds is 7. The molecule has 2 rings (SSSR count). The molecule has 2 aromatic rings. The van der Waals surface area contributed by atoms with Crippen LogP contribution in [-0.2, 0) is 7.05 Å². The molecular formula is C17H25N3S. The molecule has 1 aromatic carbocycles. The molecule has 0 radical (unpaired) electrons. The summed E-state index contributed by atoms with van der Waals surface area (Å²) in [6.45, 7) is 7.60. The maximum Gasteiger partial charge on any atom is 0.167 e. The highest BCUT2D eigenvalue weighted by Gasteiger charge is 2.15. The zero-order chi connectivity index (χ0) is 15.2. The van der Waals surface area contributed by atoms with E-state index in [0.29, 0.717) is 6.04 Å². The van der Waals surface area contributed by atoms with Crippen LogP contribution in [0.1, 0.15) is 36.1 Å². The first kappa shape index (κ1) is 16.1. The van der Waals surface area contributed by atoms with E-state index >= 15 is 0 Å². The molecule has 0 fully saturated rings. The van der Waals surface area contributed by atoms with Crippen molar-refractivity contribution in [3.63, 3.8) is 0 Å². The SMILES string of the molecule is CCCNC(CSc1nccn1C)c1cc(C)ccc1C. The van der Waals surface area contributed by atoms with Crippen molar-refractivity contribution >= 4 is 11.8 Å². The van der Waals surface area contributed by atoms with Gasteiger partial charge >= 0.3 is 0 Å². The second-order valence-corrected chi connectivity index (χ2v) is 6.49. The number of imidazole rings is 1. The van der Waals surface area contributed by atoms with E-state index in [1.54, 1.807) is 0 Å². The second-order valence-electron chi connectivity index (χ2n) is 5.50. The zero-order valence-electron chi connectivity index (χ0n) is 13.4. The zero-order valence-corrected chi connectivity index (χ0v) is 14.2. The van der Waals surface area contributed by atoms with Crippen LogP contribution in [0.3, 0.4) is 0 Å². The lowest BCUT2D eigenvalue weighted by atomic mass is 10.00. The van der Waals surface area contributed by atoms with Crippen LogP contribution in [0.2, 0.25) is 0 Å². The van der Waals surface area contributed by atoms with Crippen LogP contribution in [-0.4, -0.2) is 21.8 Å². The lowest BCUT2D eigenvalue weighted by Gasteiger charge is -2.21. The van der Waals surface area contributed by atoms with Gasteiger partial charge in [0.15, 0.2) is 5.16 Å². The van der Waals surface area contributed by atoms with Gasteiger partial charge in [-0.05, 0) is 37.9 Å². The smallest absolute Gasteiger partial charge is 0.167 e. The van der Waals surface area contributed by atoms with Crippen molar-refractivity contribution in [2.45, 2.75) is 38.4 Å². The third kappa shape index (κ3) is 4.35. The first-order valence-corrected chi connectivity index (χ1v) is 8.51. The normalized spacial score (nSPS) is 12.6. The van der Waals surface area contributed by atoms with E-state index in [0.717, 1.165) is 23.9 Å². The van der Waals surface area contributed by atoms with Gasteiger partial charge < -0.3 is 9.88 Å². The van der Waals surface area contributed by atoms with E-state index in [2.05, 4.69) is 53.8 Å². The van der Waals surface area contributed by atoms with E-state index in [1.165, 1.54) is 16.7 Å². The van der Waals surface area contributed by atoms with Crippen LogP contribution in [0.4, 0.5) is 0 Å². The van der Waals surface area contributed by atoms with E-state index in [1.807, 2.05) is 31.2 Å². The highest BCUT2D eigenvalue weighted by molar-refractivity contribution is 7.99. The maximum atomic E-state index is 4.40. The minimum atomic E-state index is 0.367. The van der Waals surface area contributed by atoms with Crippen LogP contribution in [0.5, 0.6) is 0 Å². The Morgan fingerprint density at radius 3 is 2.81 bits per heavy atom. The van der Waals surface area contributed by atoms with Crippen molar-refractivity contribution in [1.29, 1.82) is 0 Å². The average molecular weight is 303 g/mol. The third-order valence-corrected chi connectivity index (χ3v) is 4.76. The Morgan fingerprint density at radius 2 is 2.14 bits per heavy atom. The Morgan fingerprint density at radius 1 is 1.33 bits per heavy atom. The summed E-state index contributed by atoms with van der Waals surface area (Å²) < 4.78 is 2.07. The molecule has 1 unspecified atom stereocenters. The quantitative estimate of drug-likeness (QED) is 0.788. The molecule has 0 spiro atoms. The number of nitrogens with one attached hydrogen (secondary N) is 1. The monoisotopic (exact) mass is 303 g/mol. The van der Waals surface area contributed by atoms with Gasteiger partial charge in [-0.2, -0.15) is 0 Å². The predicted octanol–water partition coefficient (Wildman–Crippen LogP) is 3.87. The Kier molecular flexibility index (Phi) is 5.88. The number of nitrogens with zero attached hydrogens (tertiary/aromatic N) is 2. The molecule has 0 bridgehead atoms. The summed E-state index contributed by atoms with van der Waals surface area (Å²) in [5.41, 5.74) is 4.08. The molecule has 3 nitrogen and oxygen atoms in total. The fraction of sp³-hybridized carbons (Fsp3) is 0.471. The summed E-state index contributed by atoms with van der Waals surface area (Å²) in [7, 11) is 2.04. The summed E-state index contributed by atoms with van der Waals surface area (Å²) >= 11 is 1.81. The van der Waals surface area contributed by atoms with E-state index in [-0.39, 0.29) is 0 Å². The van der Waals surface area contributed by atoms with Crippen LogP contribution < -0.4 is 5.32 Å². The van der Waals surface area contributed by atoms with Gasteiger partial charge in [-0.3, -0.25) is 0 Å². The number of hydrogen-bond acceptors (Lipinski definition) is 3. The van der Waals surface area contributed by atoms with Gasteiger partial charge in [-0.25, -0.2) is 4.98 Å². The molecule has 1 heterocycles. The lowest BCUT2D eigenvalue weighted by molar-refractivity contribution is 0.574. The first-order chi connectivity index (χ1) is 10.1. The summed E-state index contributed by atoms with van der Waals surface area (Å²) in [5, 5.41) is 4.75. The fourth-order valence-corrected chi connectivity index (χ4v) is 3.37. The van der Waals surface area contributed by atoms with Crippen molar-refractivity contribution in [3.05, 3.63) is 47.3 Å². The predicted molar refractivity (Wildman–Crippen MR) is 90.9 cm³/mol. The molecule has 1 N–H and O–H groups in total. The van der Waals surface area contributed by atoms with Crippen molar-refractivity contribution in [3.8, 4) is 0 Å². The minimum absolute atomic E-state index is 0.367. The number of aryl methyl sites for hydroxylation is 3. The Bertz CT molecular complexity index is 577. The molecule has 0 amide bonds. The Hall–Kier alpha value is -1.26. The number of benzene rings is 1. The number of hydrogen-bond donors (Lipinski definition) is 1. The second kappa shape index (κ2) is 7.66. The molecule has 0 saturated carbocycles. The molecule has 0 saturated heterocycles. The van der Waals surface area contributed by atoms with Crippen molar-refractivity contribution in [1.82, 2.24) is 14.9 Å². The van der Waals surface area contributed by atoms with Gasteiger partial charge in [0.2, 0.25) is 0 Å². The van der Waals surface area contributed by atoms with E-state index in [9.17, 15) is 0 Å². The van der Waals surface area contributed by atoms with Crippen LogP contribution in [0.15, 0.2) is 35.7 Å². The summed E-state index contributed by atoms with van der Waals surface area (Å²) in [6.07, 6.45) is 5.00. The van der Waals surface area contributed by atoms with Gasteiger partial charge in [0.25, 0.3) is 0 Å². The lowest BCUT2D eigenvalue weighted by Crippen LogP contribution is -2.25. The summed E-state index contributed by atoms with van der Waals surface area (Å²) in [5.74, 6) is 0.995. The molecule has 114 valence electrons. The average Bonchev–Trinajstić information content (AvgIpc) is 2.87. The summed E-state index contributed by atoms with van der Waals surface area (Å²) in [6, 6.07) is 7.08. The molecule has 21 heavy (non-hydrogen) atoms. The summed E-state index contributed by atoms with van der Waals surface area (Å²) in [4.78, 5) is 4.40. The standard InChI is InChI=1S/C17H25N3S/c1-5-8-18-16(12-21-17-19-9-10-20(17)4)15-11-13(2)6-7-14(15)3/h6-7,9-11,16,18H,5,8,12H2,1-4H3. The van der Waals surface area contributed by atoms with Crippen LogP contribution in [0.25, 0.3) is 0 Å². The molecule has 1 atom stereocenters. The van der Waals surface area contributed by atoms with E-state index < -0.39 is 0 Å². The number of aromatic nitrogens is 2. The van der Waals surface area contributed by atoms with Crippen molar-refractivity contribution in [2.75, 3.05) is 12.3 Å². The Labute approximate surface area is 132 Å². The molecule has 0 aliphatic rings. The van der Waals surface area contributed by atoms with Crippen molar-refractivity contribution in [2.24, 2.45) is 7.05 Å². The maximum absolute atomic E-state index is 4.40. The van der Waals surface area contributed by atoms with Crippen LogP contribution >= 0.6 is 11.8 Å². The largest absolute Gasteiger partial charge is 0.329 e. The topological polar surface area (TPSA) is 29.9 Å². The first-order valence-electron chi connectivity index (χ1n) is 7.52. The number of thioether (sulfide) groups is 1. The van der Waals surface area contributed by atoms with Crippen molar-refractivity contribution < 1.29 is 0 Å². The Balaban J connectivity index is 2.13. The molecule has 0 aliphatic heterocycles. The van der Waals surface area contributed by atoms with Gasteiger partial charge in [0.05, 0.1) is 0 Å². The van der Waals surface area contributed by atoms with E-state index in [4.69, 9.17) is 0 Å². The molecule has 4 heteroatoms. The molecule has 0 aliphatic carbocycles. The van der Waals surface area contributed by atoms with Gasteiger partial charge in [-0.1, -0.05) is 42.4 Å². The minimum Gasteiger partial charge on any atom is -0.329 e. The highest BCUT2D eigenvalue weighted by Crippen LogP contribution is 2.26. The molecule has 1 aromatic heterocycles. The highest BCUT2D eigenvalue weighted by atomic mass is 32.2. The van der Waals surface area contributed by atoms with Crippen LogP contribution in [0, 0.1) is 13.8 Å². The van der Waals surface area contributed by atoms with Gasteiger partial charge in [-0.15, -0.1) is 0 Å². The van der Waals surface area contributed by atoms with Gasteiger partial charge in [0, 0.05) is 31.2 Å². The molecular weight excluding hydrogens is 278 g/mol. The van der Waals surface area contributed by atoms with Gasteiger partial charge in [0.1, 0.15) is 0 Å². The third-order valence-electron chi connectivity index (χ3n) is 3.61. The fourth-order valence-electron chi connectivity index (χ4n) is 2.36.